The predicted octanol–water partition coefficient (Wildman–Crippen LogP) is 5.35. The SMILES string of the molecule is COC(c1cc2c(C)cc(C(F)(F)F)cc2n1C)C1COCCN1C(=O)c1cccc(C)c1C. The number of amides is 1. The highest BCUT2D eigenvalue weighted by Gasteiger charge is 2.38. The minimum Gasteiger partial charge on any atom is -0.377 e. The molecule has 4 rings (SSSR count). The van der Waals surface area contributed by atoms with E-state index in [1.807, 2.05) is 38.1 Å². The zero-order chi connectivity index (χ0) is 24.8. The lowest BCUT2D eigenvalue weighted by Crippen LogP contribution is -2.52. The zero-order valence-corrected chi connectivity index (χ0v) is 20.0. The first-order chi connectivity index (χ1) is 16.0. The number of hydrogen-bond acceptors (Lipinski definition) is 3. The topological polar surface area (TPSA) is 43.7 Å². The number of alkyl halides is 3. The first-order valence-corrected chi connectivity index (χ1v) is 11.2. The van der Waals surface area contributed by atoms with Gasteiger partial charge in [-0.15, -0.1) is 0 Å². The number of aromatic nitrogens is 1. The molecular formula is C26H29F3N2O3. The predicted molar refractivity (Wildman–Crippen MR) is 124 cm³/mol. The number of nitrogens with zero attached hydrogens (tertiary/aromatic N) is 2. The van der Waals surface area contributed by atoms with Crippen molar-refractivity contribution in [1.29, 1.82) is 0 Å². The van der Waals surface area contributed by atoms with Gasteiger partial charge >= 0.3 is 6.18 Å². The fourth-order valence-electron chi connectivity index (χ4n) is 4.80. The van der Waals surface area contributed by atoms with Crippen LogP contribution in [0.1, 0.15) is 44.4 Å². The molecule has 8 heteroatoms. The smallest absolute Gasteiger partial charge is 0.377 e. The van der Waals surface area contributed by atoms with E-state index in [1.165, 1.54) is 0 Å². The summed E-state index contributed by atoms with van der Waals surface area (Å²) >= 11 is 0. The van der Waals surface area contributed by atoms with Crippen molar-refractivity contribution in [3.63, 3.8) is 0 Å². The number of ether oxygens (including phenoxy) is 2. The van der Waals surface area contributed by atoms with Gasteiger partial charge in [-0.05, 0) is 61.7 Å². The Hall–Kier alpha value is -2.84. The van der Waals surface area contributed by atoms with Gasteiger partial charge in [0, 0.05) is 42.9 Å². The second-order valence-corrected chi connectivity index (χ2v) is 8.90. The third kappa shape index (κ3) is 4.20. The van der Waals surface area contributed by atoms with Crippen LogP contribution in [0.3, 0.4) is 0 Å². The fourth-order valence-corrected chi connectivity index (χ4v) is 4.80. The average molecular weight is 475 g/mol. The lowest BCUT2D eigenvalue weighted by atomic mass is 9.99. The molecule has 5 nitrogen and oxygen atoms in total. The maximum Gasteiger partial charge on any atom is 0.416 e. The molecule has 3 aromatic rings. The van der Waals surface area contributed by atoms with E-state index >= 15 is 0 Å². The molecule has 0 N–H and O–H groups in total. The van der Waals surface area contributed by atoms with Gasteiger partial charge in [0.15, 0.2) is 0 Å². The van der Waals surface area contributed by atoms with Crippen LogP contribution < -0.4 is 0 Å². The van der Waals surface area contributed by atoms with Crippen LogP contribution in [-0.4, -0.2) is 48.3 Å². The van der Waals surface area contributed by atoms with E-state index in [9.17, 15) is 18.0 Å². The first kappa shape index (κ1) is 24.3. The van der Waals surface area contributed by atoms with Crippen LogP contribution in [0.2, 0.25) is 0 Å². The first-order valence-electron chi connectivity index (χ1n) is 11.2. The van der Waals surface area contributed by atoms with Crippen LogP contribution in [0.25, 0.3) is 10.9 Å². The molecule has 2 heterocycles. The second kappa shape index (κ2) is 9.07. The molecule has 0 saturated carbocycles. The molecule has 1 aliphatic rings. The van der Waals surface area contributed by atoms with Crippen molar-refractivity contribution >= 4 is 16.8 Å². The summed E-state index contributed by atoms with van der Waals surface area (Å²) in [6.45, 7) is 6.64. The van der Waals surface area contributed by atoms with Gasteiger partial charge in [0.1, 0.15) is 6.10 Å². The molecule has 34 heavy (non-hydrogen) atoms. The third-order valence-electron chi connectivity index (χ3n) is 6.89. The molecule has 182 valence electrons. The Morgan fingerprint density at radius 2 is 1.88 bits per heavy atom. The van der Waals surface area contributed by atoms with Gasteiger partial charge in [-0.2, -0.15) is 13.2 Å². The molecule has 1 fully saturated rings. The van der Waals surface area contributed by atoms with Crippen molar-refractivity contribution in [1.82, 2.24) is 9.47 Å². The summed E-state index contributed by atoms with van der Waals surface area (Å²) in [5.41, 5.74) is 3.58. The quantitative estimate of drug-likeness (QED) is 0.512. The molecule has 1 saturated heterocycles. The van der Waals surface area contributed by atoms with Crippen molar-refractivity contribution in [3.05, 3.63) is 69.9 Å². The summed E-state index contributed by atoms with van der Waals surface area (Å²) < 4.78 is 53.6. The summed E-state index contributed by atoms with van der Waals surface area (Å²) in [4.78, 5) is 15.4. The molecule has 0 aliphatic carbocycles. The minimum absolute atomic E-state index is 0.106. The van der Waals surface area contributed by atoms with Crippen molar-refractivity contribution < 1.29 is 27.4 Å². The number of hydrogen-bond donors (Lipinski definition) is 0. The highest BCUT2D eigenvalue weighted by atomic mass is 19.4. The molecule has 0 radical (unpaired) electrons. The Morgan fingerprint density at radius 3 is 2.56 bits per heavy atom. The van der Waals surface area contributed by atoms with Crippen molar-refractivity contribution in [2.45, 2.75) is 39.1 Å². The number of rotatable bonds is 4. The van der Waals surface area contributed by atoms with E-state index in [1.54, 1.807) is 30.5 Å². The van der Waals surface area contributed by atoms with Gasteiger partial charge in [-0.25, -0.2) is 0 Å². The molecular weight excluding hydrogens is 445 g/mol. The monoisotopic (exact) mass is 474 g/mol. The molecule has 2 aromatic carbocycles. The lowest BCUT2D eigenvalue weighted by molar-refractivity contribution is -0.137. The highest BCUT2D eigenvalue weighted by molar-refractivity contribution is 5.96. The Balaban J connectivity index is 1.77. The van der Waals surface area contributed by atoms with Crippen LogP contribution in [0.15, 0.2) is 36.4 Å². The summed E-state index contributed by atoms with van der Waals surface area (Å²) in [6.07, 6.45) is -5.02. The van der Waals surface area contributed by atoms with Crippen molar-refractivity contribution in [2.75, 3.05) is 26.9 Å². The summed E-state index contributed by atoms with van der Waals surface area (Å²) in [6, 6.07) is 9.39. The van der Waals surface area contributed by atoms with Crippen molar-refractivity contribution in [3.8, 4) is 0 Å². The van der Waals surface area contributed by atoms with Gasteiger partial charge in [-0.1, -0.05) is 12.1 Å². The van der Waals surface area contributed by atoms with Gasteiger partial charge in [0.2, 0.25) is 0 Å². The van der Waals surface area contributed by atoms with Crippen LogP contribution in [0.5, 0.6) is 0 Å². The normalized spacial score (nSPS) is 17.9. The third-order valence-corrected chi connectivity index (χ3v) is 6.89. The maximum absolute atomic E-state index is 13.6. The maximum atomic E-state index is 13.6. The van der Waals surface area contributed by atoms with E-state index < -0.39 is 23.9 Å². The largest absolute Gasteiger partial charge is 0.416 e. The number of benzene rings is 2. The van der Waals surface area contributed by atoms with E-state index in [0.29, 0.717) is 35.5 Å². The van der Waals surface area contributed by atoms with Crippen molar-refractivity contribution in [2.24, 2.45) is 7.05 Å². The Bertz CT molecular complexity index is 1230. The second-order valence-electron chi connectivity index (χ2n) is 8.90. The number of methoxy groups -OCH3 is 1. The molecule has 1 amide bonds. The average Bonchev–Trinajstić information content (AvgIpc) is 3.12. The van der Waals surface area contributed by atoms with Gasteiger partial charge in [0.25, 0.3) is 5.91 Å². The standard InChI is InChI=1S/C26H29F3N2O3/c1-15-7-6-8-19(17(15)3)25(32)31-9-10-34-14-23(31)24(33-5)22-13-20-16(2)11-18(26(27,28)29)12-21(20)30(22)4/h6-8,11-13,23-24H,9-10,14H2,1-5H3. The molecule has 1 aliphatic heterocycles. The lowest BCUT2D eigenvalue weighted by Gasteiger charge is -2.40. The Labute approximate surface area is 197 Å². The van der Waals surface area contributed by atoms with E-state index in [-0.39, 0.29) is 12.5 Å². The highest BCUT2D eigenvalue weighted by Crippen LogP contribution is 2.37. The van der Waals surface area contributed by atoms with Crippen LogP contribution >= 0.6 is 0 Å². The number of carbonyl (C=O) groups is 1. The fraction of sp³-hybridized carbons (Fsp3) is 0.423. The van der Waals surface area contributed by atoms with Gasteiger partial charge in [0.05, 0.1) is 24.8 Å². The van der Waals surface area contributed by atoms with E-state index in [4.69, 9.17) is 9.47 Å². The Morgan fingerprint density at radius 1 is 1.15 bits per heavy atom. The number of morpholine rings is 1. The zero-order valence-electron chi connectivity index (χ0n) is 20.0. The number of fused-ring (bicyclic) bond motifs is 1. The number of aryl methyl sites for hydroxylation is 3. The number of carbonyl (C=O) groups excluding carboxylic acids is 1. The summed E-state index contributed by atoms with van der Waals surface area (Å²) in [5.74, 6) is -0.106. The molecule has 0 bridgehead atoms. The number of halogens is 3. The molecule has 2 unspecified atom stereocenters. The van der Waals surface area contributed by atoms with Gasteiger partial charge < -0.3 is 18.9 Å². The van der Waals surface area contributed by atoms with E-state index in [2.05, 4.69) is 0 Å². The Kier molecular flexibility index (Phi) is 6.48. The van der Waals surface area contributed by atoms with E-state index in [0.717, 1.165) is 28.6 Å². The van der Waals surface area contributed by atoms with Gasteiger partial charge in [-0.3, -0.25) is 4.79 Å². The van der Waals surface area contributed by atoms with Crippen LogP contribution in [0.4, 0.5) is 13.2 Å². The molecule has 0 spiro atoms. The molecule has 2 atom stereocenters. The van der Waals surface area contributed by atoms with Crippen LogP contribution in [-0.2, 0) is 22.7 Å². The van der Waals surface area contributed by atoms with Crippen LogP contribution in [0, 0.1) is 20.8 Å². The summed E-state index contributed by atoms with van der Waals surface area (Å²) in [5, 5.41) is 0.719. The summed E-state index contributed by atoms with van der Waals surface area (Å²) in [7, 11) is 3.27. The molecule has 1 aromatic heterocycles. The minimum atomic E-state index is -4.43.